The van der Waals surface area contributed by atoms with Crippen molar-refractivity contribution in [1.82, 2.24) is 6.15 Å². The van der Waals surface area contributed by atoms with Crippen LogP contribution in [0.25, 0.3) is 0 Å². The van der Waals surface area contributed by atoms with Gasteiger partial charge in [-0.1, -0.05) is 6.92 Å². The second kappa shape index (κ2) is 5.86. The van der Waals surface area contributed by atoms with Crippen LogP contribution in [0.15, 0.2) is 0 Å². The highest BCUT2D eigenvalue weighted by Gasteiger charge is 2.18. The fraction of sp³-hybridized carbons (Fsp3) is 1.00. The maximum absolute atomic E-state index is 11.1. The smallest absolute Gasteiger partial charge is 0.330 e. The van der Waals surface area contributed by atoms with Crippen LogP contribution in [-0.2, 0) is 13.6 Å². The Hall–Kier alpha value is 0.110. The molecule has 0 radical (unpaired) electrons. The Labute approximate surface area is 62.0 Å². The molecule has 0 aromatic carbocycles. The molecule has 0 saturated heterocycles. The molecular formula is C5H16NO3P. The van der Waals surface area contributed by atoms with Gasteiger partial charge in [0, 0.05) is 20.4 Å². The zero-order chi connectivity index (χ0) is 7.33. The standard InChI is InChI=1S/C5H13O3P.H3N/c1-4-5-9(6,7-2)8-3;/h4-5H2,1-3H3;1H3. The van der Waals surface area contributed by atoms with Crippen molar-refractivity contribution in [3.63, 3.8) is 0 Å². The Bertz CT molecular complexity index is 109. The summed E-state index contributed by atoms with van der Waals surface area (Å²) in [5.74, 6) is 0. The zero-order valence-electron chi connectivity index (χ0n) is 6.79. The quantitative estimate of drug-likeness (QED) is 0.653. The highest BCUT2D eigenvalue weighted by atomic mass is 31.2. The van der Waals surface area contributed by atoms with Crippen molar-refractivity contribution in [2.24, 2.45) is 0 Å². The molecule has 4 nitrogen and oxygen atoms in total. The second-order valence-electron chi connectivity index (χ2n) is 1.70. The summed E-state index contributed by atoms with van der Waals surface area (Å²) in [6.45, 7) is 1.94. The minimum Gasteiger partial charge on any atom is -0.344 e. The van der Waals surface area contributed by atoms with E-state index in [1.807, 2.05) is 6.92 Å². The van der Waals surface area contributed by atoms with Crippen LogP contribution in [0, 0.1) is 0 Å². The van der Waals surface area contributed by atoms with E-state index in [0.717, 1.165) is 6.42 Å². The Morgan fingerprint density at radius 2 is 1.70 bits per heavy atom. The van der Waals surface area contributed by atoms with Crippen molar-refractivity contribution in [3.8, 4) is 0 Å². The topological polar surface area (TPSA) is 70.5 Å². The lowest BCUT2D eigenvalue weighted by Gasteiger charge is -2.10. The lowest BCUT2D eigenvalue weighted by Crippen LogP contribution is -1.92. The third kappa shape index (κ3) is 4.01. The molecular weight excluding hydrogens is 153 g/mol. The van der Waals surface area contributed by atoms with E-state index in [9.17, 15) is 4.57 Å². The van der Waals surface area contributed by atoms with Crippen LogP contribution in [0.4, 0.5) is 0 Å². The van der Waals surface area contributed by atoms with Crippen LogP contribution in [0.5, 0.6) is 0 Å². The molecule has 0 aromatic heterocycles. The summed E-state index contributed by atoms with van der Waals surface area (Å²) in [5.41, 5.74) is 0. The minimum absolute atomic E-state index is 0. The summed E-state index contributed by atoms with van der Waals surface area (Å²) in [7, 11) is 0.124. The zero-order valence-corrected chi connectivity index (χ0v) is 7.69. The molecule has 0 spiro atoms. The molecule has 3 N–H and O–H groups in total. The average molecular weight is 169 g/mol. The van der Waals surface area contributed by atoms with E-state index in [-0.39, 0.29) is 6.15 Å². The number of hydrogen-bond acceptors (Lipinski definition) is 4. The summed E-state index contributed by atoms with van der Waals surface area (Å²) in [4.78, 5) is 0. The first-order valence-corrected chi connectivity index (χ1v) is 4.62. The molecule has 0 aliphatic rings. The first-order chi connectivity index (χ1) is 4.18. The lowest BCUT2D eigenvalue weighted by atomic mass is 10.6. The summed E-state index contributed by atoms with van der Waals surface area (Å²) in [5, 5.41) is 0. The maximum atomic E-state index is 11.1. The highest BCUT2D eigenvalue weighted by Crippen LogP contribution is 2.46. The Balaban J connectivity index is 0. The fourth-order valence-electron chi connectivity index (χ4n) is 0.531. The van der Waals surface area contributed by atoms with Crippen LogP contribution in [-0.4, -0.2) is 20.4 Å². The lowest BCUT2D eigenvalue weighted by molar-refractivity contribution is 0.276. The summed E-state index contributed by atoms with van der Waals surface area (Å²) in [6, 6.07) is 0. The van der Waals surface area contributed by atoms with E-state index >= 15 is 0 Å². The normalized spacial score (nSPS) is 10.7. The van der Waals surface area contributed by atoms with Gasteiger partial charge in [-0.05, 0) is 6.42 Å². The van der Waals surface area contributed by atoms with Gasteiger partial charge in [-0.2, -0.15) is 0 Å². The molecule has 64 valence electrons. The minimum atomic E-state index is -2.68. The molecule has 0 rings (SSSR count). The Morgan fingerprint density at radius 3 is 1.80 bits per heavy atom. The van der Waals surface area contributed by atoms with Crippen LogP contribution < -0.4 is 6.15 Å². The van der Waals surface area contributed by atoms with Gasteiger partial charge in [0.15, 0.2) is 0 Å². The van der Waals surface area contributed by atoms with Crippen LogP contribution in [0.2, 0.25) is 0 Å². The highest BCUT2D eigenvalue weighted by molar-refractivity contribution is 7.53. The van der Waals surface area contributed by atoms with Gasteiger partial charge in [0.05, 0.1) is 0 Å². The van der Waals surface area contributed by atoms with Crippen LogP contribution in [0.1, 0.15) is 13.3 Å². The van der Waals surface area contributed by atoms with Crippen molar-refractivity contribution >= 4 is 7.60 Å². The predicted molar refractivity (Wildman–Crippen MR) is 41.8 cm³/mol. The number of hydrogen-bond donors (Lipinski definition) is 1. The molecule has 0 aliphatic carbocycles. The SMILES string of the molecule is CCCP(=O)(OC)OC.N. The molecule has 0 unspecified atom stereocenters. The van der Waals surface area contributed by atoms with Crippen molar-refractivity contribution in [1.29, 1.82) is 0 Å². The molecule has 0 bridgehead atoms. The van der Waals surface area contributed by atoms with E-state index in [4.69, 9.17) is 0 Å². The monoisotopic (exact) mass is 169 g/mol. The molecule has 0 heterocycles. The molecule has 0 atom stereocenters. The number of rotatable bonds is 4. The van der Waals surface area contributed by atoms with Crippen molar-refractivity contribution in [3.05, 3.63) is 0 Å². The predicted octanol–water partition coefficient (Wildman–Crippen LogP) is 2.04. The fourth-order valence-corrected chi connectivity index (χ4v) is 1.59. The first kappa shape index (κ1) is 12.8. The summed E-state index contributed by atoms with van der Waals surface area (Å²) in [6.07, 6.45) is 1.32. The van der Waals surface area contributed by atoms with Crippen molar-refractivity contribution < 1.29 is 13.6 Å². The third-order valence-corrected chi connectivity index (χ3v) is 3.16. The van der Waals surface area contributed by atoms with E-state index < -0.39 is 7.60 Å². The molecule has 0 amide bonds. The van der Waals surface area contributed by atoms with Crippen molar-refractivity contribution in [2.75, 3.05) is 20.4 Å². The van der Waals surface area contributed by atoms with Crippen LogP contribution >= 0.6 is 7.60 Å². The summed E-state index contributed by atoms with van der Waals surface area (Å²) >= 11 is 0. The molecule has 5 heteroatoms. The van der Waals surface area contributed by atoms with Gasteiger partial charge in [0.25, 0.3) is 0 Å². The first-order valence-electron chi connectivity index (χ1n) is 2.89. The van der Waals surface area contributed by atoms with Gasteiger partial charge in [-0.15, -0.1) is 0 Å². The van der Waals surface area contributed by atoms with E-state index in [0.29, 0.717) is 6.16 Å². The Morgan fingerprint density at radius 1 is 1.30 bits per heavy atom. The van der Waals surface area contributed by atoms with E-state index in [1.165, 1.54) is 14.2 Å². The molecule has 0 aliphatic heterocycles. The van der Waals surface area contributed by atoms with E-state index in [2.05, 4.69) is 9.05 Å². The molecule has 0 saturated carbocycles. The Kier molecular flexibility index (Phi) is 7.48. The van der Waals surface area contributed by atoms with Gasteiger partial charge in [0.2, 0.25) is 0 Å². The second-order valence-corrected chi connectivity index (χ2v) is 4.10. The van der Waals surface area contributed by atoms with Crippen molar-refractivity contribution in [2.45, 2.75) is 13.3 Å². The summed E-state index contributed by atoms with van der Waals surface area (Å²) < 4.78 is 20.4. The maximum Gasteiger partial charge on any atom is 0.330 e. The van der Waals surface area contributed by atoms with Gasteiger partial charge in [0.1, 0.15) is 0 Å². The van der Waals surface area contributed by atoms with E-state index in [1.54, 1.807) is 0 Å². The van der Waals surface area contributed by atoms with Crippen LogP contribution in [0.3, 0.4) is 0 Å². The molecule has 0 fully saturated rings. The average Bonchev–Trinajstić information content (AvgIpc) is 1.89. The molecule has 10 heavy (non-hydrogen) atoms. The van der Waals surface area contributed by atoms with Gasteiger partial charge in [-0.25, -0.2) is 0 Å². The van der Waals surface area contributed by atoms with Gasteiger partial charge in [-0.3, -0.25) is 4.57 Å². The van der Waals surface area contributed by atoms with Gasteiger partial charge < -0.3 is 15.2 Å². The molecule has 0 aromatic rings. The van der Waals surface area contributed by atoms with Gasteiger partial charge >= 0.3 is 7.60 Å². The third-order valence-electron chi connectivity index (χ3n) is 1.05. The largest absolute Gasteiger partial charge is 0.344 e.